The zero-order valence-electron chi connectivity index (χ0n) is 12.8. The summed E-state index contributed by atoms with van der Waals surface area (Å²) in [5.41, 5.74) is 1.27. The van der Waals surface area contributed by atoms with E-state index < -0.39 is 0 Å². The van der Waals surface area contributed by atoms with E-state index in [2.05, 4.69) is 43.0 Å². The van der Waals surface area contributed by atoms with E-state index in [1.807, 2.05) is 6.07 Å². The lowest BCUT2D eigenvalue weighted by molar-refractivity contribution is 0.609. The molecule has 0 aliphatic carbocycles. The molecule has 0 amide bonds. The molecule has 0 aliphatic rings. The highest BCUT2D eigenvalue weighted by atomic mass is 15.1. The maximum Gasteiger partial charge on any atom is 0.0446 e. The molecule has 0 saturated heterocycles. The van der Waals surface area contributed by atoms with Gasteiger partial charge in [-0.1, -0.05) is 70.6 Å². The summed E-state index contributed by atoms with van der Waals surface area (Å²) in [5, 5.41) is 0. The van der Waals surface area contributed by atoms with Gasteiger partial charge in [-0.15, -0.1) is 0 Å². The molecule has 0 fully saturated rings. The van der Waals surface area contributed by atoms with Gasteiger partial charge in [-0.3, -0.25) is 0 Å². The van der Waals surface area contributed by atoms with Gasteiger partial charge in [0.1, 0.15) is 0 Å². The summed E-state index contributed by atoms with van der Waals surface area (Å²) in [6, 6.07) is 11.8. The van der Waals surface area contributed by atoms with Gasteiger partial charge in [0, 0.05) is 24.8 Å². The van der Waals surface area contributed by atoms with Crippen LogP contribution in [0.3, 0.4) is 0 Å². The number of nitrogens with zero attached hydrogens (tertiary/aromatic N) is 1. The topological polar surface area (TPSA) is 3.24 Å². The number of para-hydroxylation sites is 1. The molecule has 0 heterocycles. The Morgan fingerprint density at radius 1 is 0.842 bits per heavy atom. The summed E-state index contributed by atoms with van der Waals surface area (Å²) < 4.78 is 0. The third kappa shape index (κ3) is 7.25. The summed E-state index contributed by atoms with van der Waals surface area (Å²) in [6.45, 7) is 6.92. The van der Waals surface area contributed by atoms with E-state index in [1.165, 1.54) is 70.1 Å². The van der Waals surface area contributed by atoms with E-state index in [-0.39, 0.29) is 0 Å². The Morgan fingerprint density at radius 3 is 1.95 bits per heavy atom. The number of benzene rings is 1. The Labute approximate surface area is 120 Å². The molecule has 1 rings (SSSR count). The number of anilines is 1. The maximum atomic E-state index is 3.38. The molecule has 107 valence electrons. The fraction of sp³-hybridized carbons (Fsp3) is 0.667. The predicted octanol–water partition coefficient (Wildman–Crippen LogP) is 5.45. The highest BCUT2D eigenvalue weighted by molar-refractivity contribution is 5.44. The van der Waals surface area contributed by atoms with E-state index in [4.69, 9.17) is 0 Å². The van der Waals surface area contributed by atoms with Gasteiger partial charge in [-0.25, -0.2) is 0 Å². The SMILES string of the molecule is CCCCCCN(CCCCCC)c1[c]cccc1. The average Bonchev–Trinajstić information content (AvgIpc) is 2.46. The van der Waals surface area contributed by atoms with E-state index in [1.54, 1.807) is 0 Å². The van der Waals surface area contributed by atoms with Crippen molar-refractivity contribution in [2.24, 2.45) is 0 Å². The molecule has 0 aliphatic heterocycles. The molecule has 1 heteroatoms. The molecule has 0 spiro atoms. The van der Waals surface area contributed by atoms with Crippen LogP contribution in [0.4, 0.5) is 5.69 Å². The van der Waals surface area contributed by atoms with Gasteiger partial charge in [0.15, 0.2) is 0 Å². The monoisotopic (exact) mass is 260 g/mol. The van der Waals surface area contributed by atoms with Crippen LogP contribution in [0.1, 0.15) is 65.2 Å². The van der Waals surface area contributed by atoms with Gasteiger partial charge in [0.25, 0.3) is 0 Å². The van der Waals surface area contributed by atoms with Crippen LogP contribution >= 0.6 is 0 Å². The lowest BCUT2D eigenvalue weighted by Gasteiger charge is -2.24. The molecular weight excluding hydrogens is 230 g/mol. The average molecular weight is 260 g/mol. The fourth-order valence-corrected chi connectivity index (χ4v) is 2.39. The van der Waals surface area contributed by atoms with Gasteiger partial charge in [-0.05, 0) is 18.9 Å². The van der Waals surface area contributed by atoms with E-state index in [0.717, 1.165) is 0 Å². The number of hydrogen-bond donors (Lipinski definition) is 0. The molecule has 0 aromatic heterocycles. The van der Waals surface area contributed by atoms with E-state index in [0.29, 0.717) is 0 Å². The van der Waals surface area contributed by atoms with Crippen LogP contribution in [-0.2, 0) is 0 Å². The molecule has 1 nitrogen and oxygen atoms in total. The lowest BCUT2D eigenvalue weighted by atomic mass is 10.1. The van der Waals surface area contributed by atoms with Crippen LogP contribution in [0.25, 0.3) is 0 Å². The number of rotatable bonds is 11. The largest absolute Gasteiger partial charge is 0.371 e. The molecule has 0 bridgehead atoms. The molecule has 0 atom stereocenters. The molecule has 19 heavy (non-hydrogen) atoms. The van der Waals surface area contributed by atoms with Crippen LogP contribution in [0.2, 0.25) is 0 Å². The van der Waals surface area contributed by atoms with Crippen LogP contribution in [0.15, 0.2) is 24.3 Å². The first-order valence-electron chi connectivity index (χ1n) is 8.10. The first-order valence-corrected chi connectivity index (χ1v) is 8.10. The highest BCUT2D eigenvalue weighted by Crippen LogP contribution is 2.15. The fourth-order valence-electron chi connectivity index (χ4n) is 2.39. The van der Waals surface area contributed by atoms with Crippen molar-refractivity contribution in [2.45, 2.75) is 65.2 Å². The van der Waals surface area contributed by atoms with Gasteiger partial charge in [0.2, 0.25) is 0 Å². The summed E-state index contributed by atoms with van der Waals surface area (Å²) in [7, 11) is 0. The summed E-state index contributed by atoms with van der Waals surface area (Å²) >= 11 is 0. The minimum absolute atomic E-state index is 1.19. The van der Waals surface area contributed by atoms with Crippen molar-refractivity contribution in [2.75, 3.05) is 18.0 Å². The lowest BCUT2D eigenvalue weighted by Crippen LogP contribution is -2.25. The Morgan fingerprint density at radius 2 is 1.47 bits per heavy atom. The molecule has 0 unspecified atom stereocenters. The molecular formula is C18H30N. The first kappa shape index (κ1) is 16.1. The second-order valence-electron chi connectivity index (χ2n) is 5.36. The zero-order chi connectivity index (χ0) is 13.8. The minimum atomic E-state index is 1.19. The number of unbranched alkanes of at least 4 members (excludes halogenated alkanes) is 6. The van der Waals surface area contributed by atoms with Crippen LogP contribution in [0, 0.1) is 6.07 Å². The normalized spacial score (nSPS) is 10.6. The molecule has 1 aromatic rings. The van der Waals surface area contributed by atoms with Gasteiger partial charge in [-0.2, -0.15) is 0 Å². The van der Waals surface area contributed by atoms with Gasteiger partial charge in [0.05, 0.1) is 0 Å². The van der Waals surface area contributed by atoms with Crippen molar-refractivity contribution in [3.05, 3.63) is 30.3 Å². The maximum absolute atomic E-state index is 3.38. The molecule has 1 aromatic carbocycles. The van der Waals surface area contributed by atoms with Crippen LogP contribution in [-0.4, -0.2) is 13.1 Å². The third-order valence-corrected chi connectivity index (χ3v) is 3.60. The Bertz CT molecular complexity index is 282. The third-order valence-electron chi connectivity index (χ3n) is 3.60. The van der Waals surface area contributed by atoms with Gasteiger partial charge >= 0.3 is 0 Å². The molecule has 1 radical (unpaired) electrons. The Kier molecular flexibility index (Phi) is 9.22. The predicted molar refractivity (Wildman–Crippen MR) is 85.8 cm³/mol. The Balaban J connectivity index is 2.39. The summed E-state index contributed by atoms with van der Waals surface area (Å²) in [6.07, 6.45) is 10.7. The molecule has 0 N–H and O–H groups in total. The van der Waals surface area contributed by atoms with Crippen LogP contribution < -0.4 is 4.90 Å². The van der Waals surface area contributed by atoms with Crippen molar-refractivity contribution < 1.29 is 0 Å². The quantitative estimate of drug-likeness (QED) is 0.478. The van der Waals surface area contributed by atoms with E-state index in [9.17, 15) is 0 Å². The summed E-state index contributed by atoms with van der Waals surface area (Å²) in [4.78, 5) is 2.52. The van der Waals surface area contributed by atoms with Crippen molar-refractivity contribution in [1.82, 2.24) is 0 Å². The van der Waals surface area contributed by atoms with Crippen LogP contribution in [0.5, 0.6) is 0 Å². The van der Waals surface area contributed by atoms with Crippen molar-refractivity contribution >= 4 is 5.69 Å². The smallest absolute Gasteiger partial charge is 0.0446 e. The van der Waals surface area contributed by atoms with Crippen molar-refractivity contribution in [1.29, 1.82) is 0 Å². The molecule has 0 saturated carbocycles. The highest BCUT2D eigenvalue weighted by Gasteiger charge is 2.05. The first-order chi connectivity index (χ1) is 9.38. The van der Waals surface area contributed by atoms with Crippen molar-refractivity contribution in [3.8, 4) is 0 Å². The Hall–Kier alpha value is -0.980. The summed E-state index contributed by atoms with van der Waals surface area (Å²) in [5.74, 6) is 0. The van der Waals surface area contributed by atoms with E-state index >= 15 is 0 Å². The van der Waals surface area contributed by atoms with Crippen molar-refractivity contribution in [3.63, 3.8) is 0 Å². The zero-order valence-corrected chi connectivity index (χ0v) is 12.8. The standard InChI is InChI=1S/C18H30N/c1-3-5-7-12-16-19(17-13-8-6-4-2)18-14-10-9-11-15-18/h9-11,14H,3-8,12-13,16-17H2,1-2H3. The minimum Gasteiger partial charge on any atom is -0.371 e. The van der Waals surface area contributed by atoms with Gasteiger partial charge < -0.3 is 4.90 Å². The number of hydrogen-bond acceptors (Lipinski definition) is 1. The second-order valence-corrected chi connectivity index (χ2v) is 5.36. The second kappa shape index (κ2) is 10.9.